The van der Waals surface area contributed by atoms with Crippen LogP contribution in [0.2, 0.25) is 0 Å². The number of aliphatic hydroxyl groups is 4. The Kier molecular flexibility index (Phi) is 7.63. The molecule has 5 rings (SSSR count). The van der Waals surface area contributed by atoms with Crippen LogP contribution in [-0.4, -0.2) is 95.2 Å². The molecule has 0 saturated carbocycles. The number of aromatic amines is 2. The fourth-order valence-electron chi connectivity index (χ4n) is 4.40. The Bertz CT molecular complexity index is 1330. The Morgan fingerprint density at radius 1 is 0.784 bits per heavy atom. The highest BCUT2D eigenvalue weighted by atomic mass is 16.8. The van der Waals surface area contributed by atoms with Crippen molar-refractivity contribution in [3.63, 3.8) is 0 Å². The van der Waals surface area contributed by atoms with Gasteiger partial charge in [-0.1, -0.05) is 0 Å². The molecule has 2 aromatic rings. The lowest BCUT2D eigenvalue weighted by atomic mass is 10.1. The van der Waals surface area contributed by atoms with E-state index in [4.69, 9.17) is 24.1 Å². The zero-order chi connectivity index (χ0) is 27.1. The number of fused-ring (bicyclic) bond motifs is 1. The lowest BCUT2D eigenvalue weighted by Crippen LogP contribution is -2.37. The monoisotopic (exact) mass is 528 g/mol. The molecule has 0 aromatic carbocycles. The van der Waals surface area contributed by atoms with Gasteiger partial charge in [-0.2, -0.15) is 0 Å². The molecule has 5 heterocycles. The minimum atomic E-state index is -1.35. The Labute approximate surface area is 207 Å². The van der Waals surface area contributed by atoms with Crippen molar-refractivity contribution in [2.45, 2.75) is 68.7 Å². The Balaban J connectivity index is 0.000000176. The van der Waals surface area contributed by atoms with Crippen molar-refractivity contribution in [2.24, 2.45) is 0 Å². The Morgan fingerprint density at radius 3 is 1.76 bits per heavy atom. The van der Waals surface area contributed by atoms with E-state index in [0.29, 0.717) is 0 Å². The Morgan fingerprint density at radius 2 is 1.27 bits per heavy atom. The first-order chi connectivity index (χ1) is 17.5. The normalized spacial score (nSPS) is 34.1. The van der Waals surface area contributed by atoms with E-state index in [9.17, 15) is 34.5 Å². The smallest absolute Gasteiger partial charge is 0.330 e. The third-order valence-corrected chi connectivity index (χ3v) is 6.07. The molecule has 204 valence electrons. The van der Waals surface area contributed by atoms with E-state index in [1.165, 1.54) is 16.8 Å². The molecule has 0 bridgehead atoms. The van der Waals surface area contributed by atoms with Crippen molar-refractivity contribution in [3.8, 4) is 0 Å². The number of H-pyrrole nitrogens is 2. The van der Waals surface area contributed by atoms with Gasteiger partial charge >= 0.3 is 11.4 Å². The van der Waals surface area contributed by atoms with Gasteiger partial charge < -0.3 is 39.4 Å². The number of nitrogens with zero attached hydrogens (tertiary/aromatic N) is 2. The quantitative estimate of drug-likeness (QED) is 0.224. The van der Waals surface area contributed by atoms with Crippen LogP contribution >= 0.6 is 0 Å². The molecule has 3 fully saturated rings. The van der Waals surface area contributed by atoms with E-state index < -0.39 is 84.0 Å². The average molecular weight is 528 g/mol. The standard InChI is InChI=1S/C12H16N2O6.C9H12N2O6/c1-12(2)19-8-6(5-15)18-10(9(8)20-12)14-4-3-7(16)13-11(14)17;12-3-4-6(14)7(15)8(17-4)11-2-1-5(13)10-9(11)16/h3-4,6,8-10,15H,5H2,1-2H3,(H,13,16,17);1-2,4,6-8,12,14-15H,3H2,(H,10,13,16)/t6-,8?,9+,10-;4-,6?,7+,8-/m11/s1. The number of aliphatic hydroxyl groups excluding tert-OH is 4. The Hall–Kier alpha value is -2.96. The van der Waals surface area contributed by atoms with Gasteiger partial charge in [-0.05, 0) is 13.8 Å². The van der Waals surface area contributed by atoms with E-state index in [-0.39, 0.29) is 6.61 Å². The van der Waals surface area contributed by atoms with Gasteiger partial charge in [0.05, 0.1) is 13.2 Å². The van der Waals surface area contributed by atoms with Gasteiger partial charge in [-0.15, -0.1) is 0 Å². The number of nitrogens with one attached hydrogen (secondary N) is 2. The van der Waals surface area contributed by atoms with Gasteiger partial charge in [0.1, 0.15) is 36.6 Å². The summed E-state index contributed by atoms with van der Waals surface area (Å²) >= 11 is 0. The molecule has 0 spiro atoms. The van der Waals surface area contributed by atoms with Gasteiger partial charge in [-0.25, -0.2) is 9.59 Å². The van der Waals surface area contributed by atoms with Gasteiger partial charge in [0.2, 0.25) is 0 Å². The average Bonchev–Trinajstić information content (AvgIpc) is 3.42. The summed E-state index contributed by atoms with van der Waals surface area (Å²) in [5, 5.41) is 37.4. The fourth-order valence-corrected chi connectivity index (χ4v) is 4.40. The van der Waals surface area contributed by atoms with Crippen molar-refractivity contribution in [3.05, 3.63) is 66.2 Å². The number of hydrogen-bond donors (Lipinski definition) is 6. The van der Waals surface area contributed by atoms with Crippen LogP contribution in [0.3, 0.4) is 0 Å². The van der Waals surface area contributed by atoms with Gasteiger partial charge in [0.15, 0.2) is 18.2 Å². The van der Waals surface area contributed by atoms with E-state index >= 15 is 0 Å². The number of hydrogen-bond acceptors (Lipinski definition) is 12. The van der Waals surface area contributed by atoms with Crippen molar-refractivity contribution >= 4 is 0 Å². The molecule has 6 N–H and O–H groups in total. The topological polar surface area (TPSA) is 228 Å². The van der Waals surface area contributed by atoms with Gasteiger partial charge in [0, 0.05) is 24.5 Å². The molecule has 3 saturated heterocycles. The molecular weight excluding hydrogens is 500 g/mol. The summed E-state index contributed by atoms with van der Waals surface area (Å²) in [6.45, 7) is 2.79. The zero-order valence-electron chi connectivity index (χ0n) is 19.8. The van der Waals surface area contributed by atoms with Crippen molar-refractivity contribution in [1.29, 1.82) is 0 Å². The fraction of sp³-hybridized carbons (Fsp3) is 0.619. The minimum Gasteiger partial charge on any atom is -0.394 e. The number of aromatic nitrogens is 4. The number of ether oxygens (including phenoxy) is 4. The minimum absolute atomic E-state index is 0.241. The summed E-state index contributed by atoms with van der Waals surface area (Å²) in [6.07, 6.45) is -4.54. The second-order valence-corrected chi connectivity index (χ2v) is 9.08. The lowest BCUT2D eigenvalue weighted by Gasteiger charge is -2.24. The molecule has 2 unspecified atom stereocenters. The molecule has 3 aliphatic heterocycles. The van der Waals surface area contributed by atoms with Crippen molar-refractivity contribution < 1.29 is 39.4 Å². The summed E-state index contributed by atoms with van der Waals surface area (Å²) in [4.78, 5) is 49.4. The molecular formula is C21H28N4O12. The maximum absolute atomic E-state index is 11.8. The summed E-state index contributed by atoms with van der Waals surface area (Å²) in [5.41, 5.74) is -2.40. The van der Waals surface area contributed by atoms with Crippen molar-refractivity contribution in [1.82, 2.24) is 19.1 Å². The molecule has 16 heteroatoms. The van der Waals surface area contributed by atoms with E-state index in [1.807, 2.05) is 4.98 Å². The second kappa shape index (κ2) is 10.4. The van der Waals surface area contributed by atoms with Crippen LogP contribution in [0.15, 0.2) is 43.7 Å². The predicted octanol–water partition coefficient (Wildman–Crippen LogP) is -3.91. The maximum atomic E-state index is 11.8. The van der Waals surface area contributed by atoms with Gasteiger partial charge in [0.25, 0.3) is 11.1 Å². The van der Waals surface area contributed by atoms with Crippen LogP contribution in [-0.2, 0) is 18.9 Å². The molecule has 2 aromatic heterocycles. The van der Waals surface area contributed by atoms with Crippen molar-refractivity contribution in [2.75, 3.05) is 13.2 Å². The second-order valence-electron chi connectivity index (χ2n) is 9.08. The highest BCUT2D eigenvalue weighted by Gasteiger charge is 2.55. The summed E-state index contributed by atoms with van der Waals surface area (Å²) in [5.74, 6) is -0.809. The van der Waals surface area contributed by atoms with E-state index in [2.05, 4.69) is 4.98 Å². The first-order valence-electron chi connectivity index (χ1n) is 11.3. The molecule has 0 amide bonds. The third kappa shape index (κ3) is 5.36. The number of rotatable bonds is 4. The van der Waals surface area contributed by atoms with Crippen LogP contribution < -0.4 is 22.5 Å². The SMILES string of the molecule is CC1(C)OC2[C@@H](CO)O[C@@H](n3ccc(=O)[nH]c3=O)[C@H]2O1.O=c1ccn([C@@H]2O[C@H](CO)C(O)[C@@H]2O)c(=O)[nH]1. The van der Waals surface area contributed by atoms with E-state index in [1.54, 1.807) is 13.8 Å². The first-order valence-corrected chi connectivity index (χ1v) is 11.3. The van der Waals surface area contributed by atoms with Crippen LogP contribution in [0.25, 0.3) is 0 Å². The predicted molar refractivity (Wildman–Crippen MR) is 120 cm³/mol. The van der Waals surface area contributed by atoms with Crippen LogP contribution in [0, 0.1) is 0 Å². The molecule has 3 aliphatic rings. The van der Waals surface area contributed by atoms with Gasteiger partial charge in [-0.3, -0.25) is 28.7 Å². The third-order valence-electron chi connectivity index (χ3n) is 6.07. The molecule has 8 atom stereocenters. The molecule has 0 aliphatic carbocycles. The molecule has 0 radical (unpaired) electrons. The zero-order valence-corrected chi connectivity index (χ0v) is 19.8. The largest absolute Gasteiger partial charge is 0.394 e. The highest BCUT2D eigenvalue weighted by molar-refractivity contribution is 4.98. The molecule has 37 heavy (non-hydrogen) atoms. The maximum Gasteiger partial charge on any atom is 0.330 e. The van der Waals surface area contributed by atoms with Crippen LogP contribution in [0.4, 0.5) is 0 Å². The lowest BCUT2D eigenvalue weighted by molar-refractivity contribution is -0.200. The summed E-state index contributed by atoms with van der Waals surface area (Å²) < 4.78 is 24.4. The molecule has 16 nitrogen and oxygen atoms in total. The van der Waals surface area contributed by atoms with Crippen LogP contribution in [0.1, 0.15) is 26.3 Å². The summed E-state index contributed by atoms with van der Waals surface area (Å²) in [6, 6.07) is 2.32. The summed E-state index contributed by atoms with van der Waals surface area (Å²) in [7, 11) is 0. The van der Waals surface area contributed by atoms with E-state index in [0.717, 1.165) is 16.8 Å². The highest BCUT2D eigenvalue weighted by Crippen LogP contribution is 2.42. The first kappa shape index (κ1) is 27.1. The van der Waals surface area contributed by atoms with Crippen LogP contribution in [0.5, 0.6) is 0 Å².